The quantitative estimate of drug-likeness (QED) is 0.550. The van der Waals surface area contributed by atoms with Crippen molar-refractivity contribution in [3.63, 3.8) is 0 Å². The summed E-state index contributed by atoms with van der Waals surface area (Å²) >= 11 is 5.88. The predicted octanol–water partition coefficient (Wildman–Crippen LogP) is 2.09. The average Bonchev–Trinajstić information content (AvgIpc) is 2.80. The van der Waals surface area contributed by atoms with Gasteiger partial charge in [0.05, 0.1) is 21.3 Å². The number of nitrogens with zero attached hydrogens (tertiary/aromatic N) is 1. The number of carbonyl (C=O) groups is 1. The molecule has 1 saturated heterocycles. The highest BCUT2D eigenvalue weighted by atomic mass is 35.5. The van der Waals surface area contributed by atoms with Gasteiger partial charge >= 0.3 is 0 Å². The first-order chi connectivity index (χ1) is 15.3. The van der Waals surface area contributed by atoms with Crippen molar-refractivity contribution in [3.05, 3.63) is 52.5 Å². The molecular formula is C23H29ClN2O6. The van der Waals surface area contributed by atoms with E-state index in [1.165, 1.54) is 0 Å². The third-order valence-electron chi connectivity index (χ3n) is 5.69. The molecule has 0 radical (unpaired) electrons. The molecule has 1 aliphatic heterocycles. The standard InChI is InChI=1S/C23H29ClN2O6/c1-30-18-10-15(11-19(31-2)21(18)32-3)12-25-14-23(29)8-9-26(13-20(23)27)22(28)16-4-6-17(24)7-5-16/h4-7,10-11,20,25,27,29H,8-9,12-14H2,1-3H3/t20-,23-/m0/s1. The molecule has 32 heavy (non-hydrogen) atoms. The summed E-state index contributed by atoms with van der Waals surface area (Å²) in [5.41, 5.74) is 0.0118. The van der Waals surface area contributed by atoms with Gasteiger partial charge in [0.25, 0.3) is 5.91 Å². The number of hydrogen-bond donors (Lipinski definition) is 3. The average molecular weight is 465 g/mol. The van der Waals surface area contributed by atoms with Gasteiger partial charge in [-0.3, -0.25) is 4.79 Å². The Balaban J connectivity index is 1.59. The first-order valence-electron chi connectivity index (χ1n) is 10.3. The van der Waals surface area contributed by atoms with Gasteiger partial charge in [-0.1, -0.05) is 11.6 Å². The Bertz CT molecular complexity index is 914. The van der Waals surface area contributed by atoms with Crippen molar-refractivity contribution in [1.82, 2.24) is 10.2 Å². The van der Waals surface area contributed by atoms with Crippen molar-refractivity contribution in [1.29, 1.82) is 0 Å². The van der Waals surface area contributed by atoms with E-state index in [0.29, 0.717) is 40.9 Å². The van der Waals surface area contributed by atoms with Crippen molar-refractivity contribution in [2.24, 2.45) is 0 Å². The number of methoxy groups -OCH3 is 3. The molecule has 0 aliphatic carbocycles. The zero-order valence-corrected chi connectivity index (χ0v) is 19.2. The fourth-order valence-electron chi connectivity index (χ4n) is 3.79. The van der Waals surface area contributed by atoms with Crippen LogP contribution in [0, 0.1) is 0 Å². The number of piperidine rings is 1. The Morgan fingerprint density at radius 2 is 1.78 bits per heavy atom. The number of nitrogens with one attached hydrogen (secondary N) is 1. The molecule has 0 unspecified atom stereocenters. The molecule has 8 nitrogen and oxygen atoms in total. The van der Waals surface area contributed by atoms with Crippen LogP contribution in [0.5, 0.6) is 17.2 Å². The molecule has 2 aromatic rings. The highest BCUT2D eigenvalue weighted by molar-refractivity contribution is 6.30. The number of β-amino-alcohol motifs (C(OH)–C–C–N with tert-alkyl or cyclic N) is 1. The number of hydrogen-bond acceptors (Lipinski definition) is 7. The Hall–Kier alpha value is -2.52. The lowest BCUT2D eigenvalue weighted by atomic mass is 9.88. The fraction of sp³-hybridized carbons (Fsp3) is 0.435. The number of carbonyl (C=O) groups excluding carboxylic acids is 1. The third kappa shape index (κ3) is 5.27. The van der Waals surface area contributed by atoms with Gasteiger partial charge < -0.3 is 34.6 Å². The molecule has 0 bridgehead atoms. The number of amides is 1. The van der Waals surface area contributed by atoms with E-state index in [2.05, 4.69) is 5.32 Å². The number of ether oxygens (including phenoxy) is 3. The van der Waals surface area contributed by atoms with Crippen molar-refractivity contribution < 1.29 is 29.2 Å². The van der Waals surface area contributed by atoms with E-state index in [9.17, 15) is 15.0 Å². The smallest absolute Gasteiger partial charge is 0.253 e. The molecule has 0 aromatic heterocycles. The molecule has 0 spiro atoms. The van der Waals surface area contributed by atoms with Crippen LogP contribution in [0.25, 0.3) is 0 Å². The van der Waals surface area contributed by atoms with E-state index in [0.717, 1.165) is 5.56 Å². The van der Waals surface area contributed by atoms with Crippen molar-refractivity contribution >= 4 is 17.5 Å². The molecule has 9 heteroatoms. The summed E-state index contributed by atoms with van der Waals surface area (Å²) in [7, 11) is 4.64. The number of benzene rings is 2. The zero-order valence-electron chi connectivity index (χ0n) is 18.4. The number of rotatable bonds is 8. The topological polar surface area (TPSA) is 100 Å². The summed E-state index contributed by atoms with van der Waals surface area (Å²) in [6.45, 7) is 0.956. The first-order valence-corrected chi connectivity index (χ1v) is 10.6. The number of halogens is 1. The lowest BCUT2D eigenvalue weighted by Crippen LogP contribution is -2.60. The van der Waals surface area contributed by atoms with Crippen LogP contribution in [0.3, 0.4) is 0 Å². The molecule has 3 N–H and O–H groups in total. The maximum atomic E-state index is 12.7. The van der Waals surface area contributed by atoms with Gasteiger partial charge in [-0.25, -0.2) is 0 Å². The van der Waals surface area contributed by atoms with Crippen LogP contribution in [0.1, 0.15) is 22.3 Å². The Kier molecular flexibility index (Phi) is 7.84. The summed E-state index contributed by atoms with van der Waals surface area (Å²) in [5.74, 6) is 1.38. The minimum atomic E-state index is -1.35. The molecular weight excluding hydrogens is 436 g/mol. The van der Waals surface area contributed by atoms with Gasteiger partial charge in [-0.05, 0) is 48.4 Å². The van der Waals surface area contributed by atoms with Crippen molar-refractivity contribution in [3.8, 4) is 17.2 Å². The van der Waals surface area contributed by atoms with Gasteiger partial charge in [0.15, 0.2) is 11.5 Å². The SMILES string of the molecule is COc1cc(CNC[C@@]2(O)CCN(C(=O)c3ccc(Cl)cc3)C[C@@H]2O)cc(OC)c1OC. The highest BCUT2D eigenvalue weighted by Gasteiger charge is 2.41. The third-order valence-corrected chi connectivity index (χ3v) is 5.94. The molecule has 0 saturated carbocycles. The van der Waals surface area contributed by atoms with Crippen molar-refractivity contribution in [2.75, 3.05) is 41.0 Å². The second kappa shape index (κ2) is 10.4. The van der Waals surface area contributed by atoms with Crippen molar-refractivity contribution in [2.45, 2.75) is 24.7 Å². The van der Waals surface area contributed by atoms with Gasteiger partial charge in [-0.15, -0.1) is 0 Å². The molecule has 174 valence electrons. The Morgan fingerprint density at radius 1 is 1.16 bits per heavy atom. The molecule has 1 amide bonds. The van der Waals surface area contributed by atoms with Gasteiger partial charge in [0.2, 0.25) is 5.75 Å². The van der Waals surface area contributed by atoms with Crippen LogP contribution < -0.4 is 19.5 Å². The largest absolute Gasteiger partial charge is 0.493 e. The summed E-state index contributed by atoms with van der Waals surface area (Å²) in [4.78, 5) is 14.2. The van der Waals surface area contributed by atoms with E-state index in [-0.39, 0.29) is 25.4 Å². The summed E-state index contributed by atoms with van der Waals surface area (Å²) in [6, 6.07) is 10.2. The van der Waals surface area contributed by atoms with Gasteiger partial charge in [0, 0.05) is 36.8 Å². The highest BCUT2D eigenvalue weighted by Crippen LogP contribution is 2.38. The number of likely N-dealkylation sites (tertiary alicyclic amines) is 1. The Labute approximate surface area is 192 Å². The molecule has 1 heterocycles. The maximum Gasteiger partial charge on any atom is 0.253 e. The lowest BCUT2D eigenvalue weighted by Gasteiger charge is -2.42. The van der Waals surface area contributed by atoms with Crippen LogP contribution in [0.15, 0.2) is 36.4 Å². The monoisotopic (exact) mass is 464 g/mol. The minimum absolute atomic E-state index is 0.0455. The normalized spacial score (nSPS) is 20.7. The van der Waals surface area contributed by atoms with Crippen LogP contribution in [0.2, 0.25) is 5.02 Å². The van der Waals surface area contributed by atoms with E-state index in [4.69, 9.17) is 25.8 Å². The molecule has 1 fully saturated rings. The van der Waals surface area contributed by atoms with Crippen LogP contribution in [-0.4, -0.2) is 73.7 Å². The second-order valence-electron chi connectivity index (χ2n) is 7.76. The summed E-state index contributed by atoms with van der Waals surface area (Å²) in [6.07, 6.45) is -0.838. The van der Waals surface area contributed by atoms with Crippen LogP contribution in [0.4, 0.5) is 0 Å². The van der Waals surface area contributed by atoms with E-state index in [1.54, 1.807) is 50.5 Å². The summed E-state index contributed by atoms with van der Waals surface area (Å²) in [5, 5.41) is 25.3. The molecule has 2 atom stereocenters. The zero-order chi connectivity index (χ0) is 23.3. The maximum absolute atomic E-state index is 12.7. The van der Waals surface area contributed by atoms with Crippen LogP contribution in [-0.2, 0) is 6.54 Å². The minimum Gasteiger partial charge on any atom is -0.493 e. The number of aliphatic hydroxyl groups excluding tert-OH is 1. The fourth-order valence-corrected chi connectivity index (χ4v) is 3.92. The molecule has 3 rings (SSSR count). The first kappa shape index (κ1) is 24.1. The van der Waals surface area contributed by atoms with E-state index in [1.807, 2.05) is 12.1 Å². The molecule has 2 aromatic carbocycles. The van der Waals surface area contributed by atoms with Gasteiger partial charge in [-0.2, -0.15) is 0 Å². The second-order valence-corrected chi connectivity index (χ2v) is 8.20. The summed E-state index contributed by atoms with van der Waals surface area (Å²) < 4.78 is 16.1. The Morgan fingerprint density at radius 3 is 2.31 bits per heavy atom. The van der Waals surface area contributed by atoms with E-state index >= 15 is 0 Å². The number of aliphatic hydroxyl groups is 2. The molecule has 1 aliphatic rings. The van der Waals surface area contributed by atoms with E-state index < -0.39 is 11.7 Å². The predicted molar refractivity (Wildman–Crippen MR) is 121 cm³/mol. The van der Waals surface area contributed by atoms with Crippen LogP contribution >= 0.6 is 11.6 Å². The van der Waals surface area contributed by atoms with Gasteiger partial charge in [0.1, 0.15) is 11.7 Å². The lowest BCUT2D eigenvalue weighted by molar-refractivity contribution is -0.110.